The maximum Gasteiger partial charge on any atom is 0.110 e. The summed E-state index contributed by atoms with van der Waals surface area (Å²) < 4.78 is 0. The molecule has 2 nitrogen and oxygen atoms in total. The van der Waals surface area contributed by atoms with Crippen LogP contribution in [0.15, 0.2) is 54.2 Å². The number of hydrogen-bond donors (Lipinski definition) is 0. The van der Waals surface area contributed by atoms with E-state index in [1.165, 1.54) is 86.0 Å². The van der Waals surface area contributed by atoms with Gasteiger partial charge in [0.25, 0.3) is 0 Å². The van der Waals surface area contributed by atoms with E-state index in [1.54, 1.807) is 5.56 Å². The van der Waals surface area contributed by atoms with Crippen molar-refractivity contribution in [3.8, 4) is 0 Å². The van der Waals surface area contributed by atoms with Crippen LogP contribution < -0.4 is 4.90 Å². The quantitative estimate of drug-likeness (QED) is 0.493. The Morgan fingerprint density at radius 1 is 0.781 bits per heavy atom. The zero-order valence-corrected chi connectivity index (χ0v) is 20.1. The minimum atomic E-state index is 0.0955. The molecule has 2 saturated carbocycles. The lowest BCUT2D eigenvalue weighted by atomic mass is 9.71. The third-order valence-corrected chi connectivity index (χ3v) is 9.30. The number of rotatable bonds is 3. The zero-order valence-electron chi connectivity index (χ0n) is 20.1. The number of hydrogen-bond acceptors (Lipinski definition) is 2. The predicted octanol–water partition coefficient (Wildman–Crippen LogP) is 7.83. The van der Waals surface area contributed by atoms with Crippen molar-refractivity contribution in [1.29, 1.82) is 0 Å². The molecular weight excluding hydrogens is 388 g/mol. The van der Waals surface area contributed by atoms with Gasteiger partial charge >= 0.3 is 0 Å². The first-order valence-electron chi connectivity index (χ1n) is 13.1. The van der Waals surface area contributed by atoms with Crippen LogP contribution in [0.2, 0.25) is 0 Å². The Bertz CT molecular complexity index is 1040. The molecule has 0 aromatic heterocycles. The number of allylic oxidation sites excluding steroid dienone is 1. The van der Waals surface area contributed by atoms with Gasteiger partial charge < -0.3 is 9.80 Å². The fraction of sp³-hybridized carbons (Fsp3) is 0.533. The molecule has 0 saturated heterocycles. The molecule has 0 radical (unpaired) electrons. The van der Waals surface area contributed by atoms with Crippen molar-refractivity contribution in [2.24, 2.45) is 11.8 Å². The van der Waals surface area contributed by atoms with E-state index in [0.717, 1.165) is 11.8 Å². The van der Waals surface area contributed by atoms with Crippen LogP contribution in [0, 0.1) is 18.8 Å². The highest BCUT2D eigenvalue weighted by Gasteiger charge is 2.57. The lowest BCUT2D eigenvalue weighted by Gasteiger charge is -2.50. The topological polar surface area (TPSA) is 6.48 Å². The van der Waals surface area contributed by atoms with Crippen molar-refractivity contribution in [1.82, 2.24) is 4.90 Å². The van der Waals surface area contributed by atoms with Crippen molar-refractivity contribution < 1.29 is 0 Å². The summed E-state index contributed by atoms with van der Waals surface area (Å²) in [5.74, 6) is 1.47. The Hall–Kier alpha value is -2.22. The van der Waals surface area contributed by atoms with Gasteiger partial charge in [0.15, 0.2) is 0 Å². The molecule has 4 aliphatic rings. The van der Waals surface area contributed by atoms with Crippen LogP contribution in [0.3, 0.4) is 0 Å². The summed E-state index contributed by atoms with van der Waals surface area (Å²) >= 11 is 0. The minimum absolute atomic E-state index is 0.0955. The minimum Gasteiger partial charge on any atom is -0.339 e. The van der Waals surface area contributed by atoms with E-state index in [-0.39, 0.29) is 5.54 Å². The molecule has 2 aliphatic heterocycles. The third kappa shape index (κ3) is 2.77. The summed E-state index contributed by atoms with van der Waals surface area (Å²) in [5, 5.41) is 0. The van der Waals surface area contributed by atoms with Gasteiger partial charge in [0, 0.05) is 16.9 Å². The largest absolute Gasteiger partial charge is 0.339 e. The van der Waals surface area contributed by atoms with E-state index in [1.807, 2.05) is 0 Å². The van der Waals surface area contributed by atoms with Gasteiger partial charge in [-0.25, -0.2) is 0 Å². The zero-order chi connectivity index (χ0) is 21.9. The van der Waals surface area contributed by atoms with Gasteiger partial charge in [-0.05, 0) is 75.5 Å². The van der Waals surface area contributed by atoms with Crippen LogP contribution in [-0.4, -0.2) is 11.1 Å². The Morgan fingerprint density at radius 3 is 2.19 bits per heavy atom. The summed E-state index contributed by atoms with van der Waals surface area (Å²) in [6, 6.07) is 18.4. The van der Waals surface area contributed by atoms with Gasteiger partial charge in [-0.1, -0.05) is 74.6 Å². The molecule has 6 rings (SSSR count). The highest BCUT2D eigenvalue weighted by molar-refractivity contribution is 5.83. The van der Waals surface area contributed by atoms with Gasteiger partial charge in [-0.15, -0.1) is 0 Å². The van der Waals surface area contributed by atoms with E-state index in [0.29, 0.717) is 6.17 Å². The SMILES string of the molecule is CC1=C2c3ccccc3C(C)(C3CCCCC3)N2C(C2CCCC2)N1c1ccccc1C. The number of fused-ring (bicyclic) bond motifs is 3. The number of para-hydroxylation sites is 1. The summed E-state index contributed by atoms with van der Waals surface area (Å²) in [6.45, 7) is 7.29. The van der Waals surface area contributed by atoms with Crippen molar-refractivity contribution in [2.45, 2.75) is 90.3 Å². The van der Waals surface area contributed by atoms with E-state index >= 15 is 0 Å². The van der Waals surface area contributed by atoms with E-state index < -0.39 is 0 Å². The first-order valence-corrected chi connectivity index (χ1v) is 13.1. The number of benzene rings is 2. The molecular formula is C30H38N2. The normalized spacial score (nSPS) is 28.5. The van der Waals surface area contributed by atoms with Crippen molar-refractivity contribution in [3.05, 3.63) is 70.9 Å². The molecule has 32 heavy (non-hydrogen) atoms. The lowest BCUT2D eigenvalue weighted by Crippen LogP contribution is -2.54. The molecule has 0 N–H and O–H groups in total. The standard InChI is InChI=1S/C30H38N2/c1-21-13-7-12-20-27(21)31-22(2)28-25-18-10-11-19-26(25)30(3,24-16-5-4-6-17-24)32(28)29(31)23-14-8-9-15-23/h7,10-13,18-20,23-24,29H,4-6,8-9,14-17H2,1-3H3. The van der Waals surface area contributed by atoms with Gasteiger partial charge in [0.1, 0.15) is 6.17 Å². The second-order valence-corrected chi connectivity index (χ2v) is 10.9. The van der Waals surface area contributed by atoms with Crippen molar-refractivity contribution in [3.63, 3.8) is 0 Å². The second-order valence-electron chi connectivity index (χ2n) is 10.9. The van der Waals surface area contributed by atoms with E-state index in [9.17, 15) is 0 Å². The Labute approximate surface area is 194 Å². The molecule has 2 aliphatic carbocycles. The maximum absolute atomic E-state index is 2.95. The first-order chi connectivity index (χ1) is 15.6. The average Bonchev–Trinajstić information content (AvgIpc) is 3.52. The highest BCUT2D eigenvalue weighted by atomic mass is 15.5. The van der Waals surface area contributed by atoms with Crippen molar-refractivity contribution >= 4 is 11.4 Å². The van der Waals surface area contributed by atoms with E-state index in [4.69, 9.17) is 0 Å². The van der Waals surface area contributed by atoms with Crippen LogP contribution in [-0.2, 0) is 5.54 Å². The van der Waals surface area contributed by atoms with Crippen LogP contribution in [0.1, 0.15) is 88.3 Å². The summed E-state index contributed by atoms with van der Waals surface area (Å²) in [7, 11) is 0. The Kier molecular flexibility index (Phi) is 4.89. The molecule has 2 aromatic rings. The van der Waals surface area contributed by atoms with Crippen molar-refractivity contribution in [2.75, 3.05) is 4.90 Å². The van der Waals surface area contributed by atoms with Crippen LogP contribution in [0.25, 0.3) is 5.70 Å². The van der Waals surface area contributed by atoms with Gasteiger partial charge in [0.2, 0.25) is 0 Å². The smallest absolute Gasteiger partial charge is 0.110 e. The molecule has 2 unspecified atom stereocenters. The number of aryl methyl sites for hydroxylation is 1. The summed E-state index contributed by atoms with van der Waals surface area (Å²) in [5.41, 5.74) is 8.97. The predicted molar refractivity (Wildman–Crippen MR) is 134 cm³/mol. The maximum atomic E-state index is 2.95. The molecule has 0 bridgehead atoms. The van der Waals surface area contributed by atoms with Gasteiger partial charge in [-0.2, -0.15) is 0 Å². The molecule has 0 spiro atoms. The van der Waals surface area contributed by atoms with Crippen LogP contribution in [0.5, 0.6) is 0 Å². The highest BCUT2D eigenvalue weighted by Crippen LogP contribution is 2.60. The molecule has 2 fully saturated rings. The average molecular weight is 427 g/mol. The van der Waals surface area contributed by atoms with E-state index in [2.05, 4.69) is 79.1 Å². The fourth-order valence-electron chi connectivity index (χ4n) is 7.74. The molecule has 2 atom stereocenters. The fourth-order valence-corrected chi connectivity index (χ4v) is 7.74. The third-order valence-electron chi connectivity index (χ3n) is 9.30. The number of nitrogens with zero attached hydrogens (tertiary/aromatic N) is 2. The second kappa shape index (κ2) is 7.68. The number of anilines is 1. The molecule has 168 valence electrons. The Balaban J connectivity index is 1.58. The van der Waals surface area contributed by atoms with Crippen LogP contribution in [0.4, 0.5) is 5.69 Å². The molecule has 2 heterocycles. The molecule has 2 heteroatoms. The Morgan fingerprint density at radius 2 is 1.44 bits per heavy atom. The van der Waals surface area contributed by atoms with Gasteiger partial charge in [-0.3, -0.25) is 0 Å². The summed E-state index contributed by atoms with van der Waals surface area (Å²) in [6.07, 6.45) is 12.9. The lowest BCUT2D eigenvalue weighted by molar-refractivity contribution is 0.0416. The molecule has 2 aromatic carbocycles. The monoisotopic (exact) mass is 426 g/mol. The molecule has 0 amide bonds. The summed E-state index contributed by atoms with van der Waals surface area (Å²) in [4.78, 5) is 5.70. The van der Waals surface area contributed by atoms with Gasteiger partial charge in [0.05, 0.1) is 11.2 Å². The first kappa shape index (κ1) is 20.4. The van der Waals surface area contributed by atoms with Crippen LogP contribution >= 0.6 is 0 Å².